The van der Waals surface area contributed by atoms with Crippen LogP contribution in [-0.4, -0.2) is 55.0 Å². The summed E-state index contributed by atoms with van der Waals surface area (Å²) in [6.07, 6.45) is -2.22. The largest absolute Gasteiger partial charge is 0.459 e. The van der Waals surface area contributed by atoms with Crippen LogP contribution >= 0.6 is 0 Å². The van der Waals surface area contributed by atoms with Gasteiger partial charge in [0.1, 0.15) is 25.4 Å². The Balaban J connectivity index is 1.41. The maximum Gasteiger partial charge on any atom is 0.338 e. The van der Waals surface area contributed by atoms with E-state index in [4.69, 9.17) is 28.4 Å². The molecule has 0 saturated carbocycles. The van der Waals surface area contributed by atoms with E-state index in [1.165, 1.54) is 0 Å². The standard InChI is InChI=1S/C30H30O8/c1-29(2)36-24-25(33-18-21-12-6-3-7-13-21)30(38-28(24)37-29,19-34-26(31)22-14-8-4-9-15-22)20-35-27(32)23-16-10-5-11-17-23/h3-17,24-25,28H,18-20H2,1-2H3/t24-,25-,28+/m1/s1. The smallest absolute Gasteiger partial charge is 0.338 e. The Morgan fingerprint density at radius 1 is 0.711 bits per heavy atom. The van der Waals surface area contributed by atoms with E-state index in [-0.39, 0.29) is 19.8 Å². The van der Waals surface area contributed by atoms with Crippen molar-refractivity contribution < 1.29 is 38.0 Å². The Kier molecular flexibility index (Phi) is 7.58. The summed E-state index contributed by atoms with van der Waals surface area (Å²) in [5, 5.41) is 0. The van der Waals surface area contributed by atoms with Crippen molar-refractivity contribution in [2.24, 2.45) is 0 Å². The second-order valence-electron chi connectivity index (χ2n) is 9.75. The van der Waals surface area contributed by atoms with E-state index in [9.17, 15) is 9.59 Å². The van der Waals surface area contributed by atoms with E-state index in [1.807, 2.05) is 42.5 Å². The Morgan fingerprint density at radius 2 is 1.21 bits per heavy atom. The molecule has 8 heteroatoms. The summed E-state index contributed by atoms with van der Waals surface area (Å²) >= 11 is 0. The van der Waals surface area contributed by atoms with Crippen LogP contribution in [0.2, 0.25) is 0 Å². The van der Waals surface area contributed by atoms with Gasteiger partial charge < -0.3 is 28.4 Å². The van der Waals surface area contributed by atoms with E-state index in [1.54, 1.807) is 62.4 Å². The number of benzene rings is 3. The zero-order valence-corrected chi connectivity index (χ0v) is 21.3. The van der Waals surface area contributed by atoms with Gasteiger partial charge >= 0.3 is 11.9 Å². The molecule has 0 N–H and O–H groups in total. The molecule has 2 saturated heterocycles. The van der Waals surface area contributed by atoms with Gasteiger partial charge in [0, 0.05) is 0 Å². The minimum Gasteiger partial charge on any atom is -0.459 e. The van der Waals surface area contributed by atoms with Crippen molar-refractivity contribution >= 4 is 11.9 Å². The molecular weight excluding hydrogens is 488 g/mol. The lowest BCUT2D eigenvalue weighted by atomic mass is 9.96. The third-order valence-electron chi connectivity index (χ3n) is 6.44. The van der Waals surface area contributed by atoms with Crippen LogP contribution in [0.1, 0.15) is 40.1 Å². The summed E-state index contributed by atoms with van der Waals surface area (Å²) < 4.78 is 36.3. The highest BCUT2D eigenvalue weighted by Crippen LogP contribution is 2.44. The van der Waals surface area contributed by atoms with Gasteiger partial charge in [-0.3, -0.25) is 0 Å². The first-order valence-electron chi connectivity index (χ1n) is 12.5. The van der Waals surface area contributed by atoms with Crippen molar-refractivity contribution in [1.29, 1.82) is 0 Å². The number of rotatable bonds is 9. The highest BCUT2D eigenvalue weighted by atomic mass is 16.9. The third-order valence-corrected chi connectivity index (χ3v) is 6.44. The Hall–Kier alpha value is -3.56. The molecule has 3 aromatic carbocycles. The van der Waals surface area contributed by atoms with Crippen LogP contribution in [0.4, 0.5) is 0 Å². The van der Waals surface area contributed by atoms with Gasteiger partial charge in [0.2, 0.25) is 0 Å². The number of carbonyl (C=O) groups excluding carboxylic acids is 2. The fraction of sp³-hybridized carbons (Fsp3) is 0.333. The monoisotopic (exact) mass is 518 g/mol. The summed E-state index contributed by atoms with van der Waals surface area (Å²) in [4.78, 5) is 25.7. The van der Waals surface area contributed by atoms with Crippen LogP contribution in [0, 0.1) is 0 Å². The molecule has 38 heavy (non-hydrogen) atoms. The van der Waals surface area contributed by atoms with Gasteiger partial charge in [0.15, 0.2) is 17.7 Å². The van der Waals surface area contributed by atoms with Crippen LogP contribution in [0.15, 0.2) is 91.0 Å². The highest BCUT2D eigenvalue weighted by molar-refractivity contribution is 5.90. The number of fused-ring (bicyclic) bond motifs is 1. The molecular formula is C30H30O8. The van der Waals surface area contributed by atoms with Gasteiger partial charge in [-0.1, -0.05) is 66.7 Å². The SMILES string of the molecule is CC1(C)O[C@H]2OC(COC(=O)c3ccccc3)(COC(=O)c3ccccc3)[C@H](OCc3ccccc3)[C@H]2O1. The molecule has 198 valence electrons. The van der Waals surface area contributed by atoms with Crippen molar-refractivity contribution in [2.45, 2.75) is 50.3 Å². The molecule has 3 aromatic rings. The molecule has 0 spiro atoms. The van der Waals surface area contributed by atoms with Crippen molar-refractivity contribution in [2.75, 3.05) is 13.2 Å². The average molecular weight is 519 g/mol. The highest BCUT2D eigenvalue weighted by Gasteiger charge is 2.64. The quantitative estimate of drug-likeness (QED) is 0.382. The molecule has 0 amide bonds. The lowest BCUT2D eigenvalue weighted by Crippen LogP contribution is -2.53. The molecule has 0 unspecified atom stereocenters. The number of esters is 2. The summed E-state index contributed by atoms with van der Waals surface area (Å²) in [6, 6.07) is 26.9. The summed E-state index contributed by atoms with van der Waals surface area (Å²) in [5.41, 5.74) is 0.329. The second kappa shape index (κ2) is 11.0. The zero-order chi connectivity index (χ0) is 26.6. The molecule has 0 aliphatic carbocycles. The number of hydrogen-bond donors (Lipinski definition) is 0. The fourth-order valence-corrected chi connectivity index (χ4v) is 4.62. The van der Waals surface area contributed by atoms with Crippen molar-refractivity contribution in [3.8, 4) is 0 Å². The topological polar surface area (TPSA) is 89.5 Å². The van der Waals surface area contributed by atoms with Crippen LogP contribution in [0.25, 0.3) is 0 Å². The summed E-state index contributed by atoms with van der Waals surface area (Å²) in [6.45, 7) is 3.32. The number of carbonyl (C=O) groups is 2. The molecule has 0 aromatic heterocycles. The van der Waals surface area contributed by atoms with Crippen LogP contribution in [0.5, 0.6) is 0 Å². The van der Waals surface area contributed by atoms with Gasteiger partial charge in [-0.05, 0) is 43.7 Å². The maximum atomic E-state index is 12.9. The van der Waals surface area contributed by atoms with Crippen LogP contribution < -0.4 is 0 Å². The molecule has 0 bridgehead atoms. The predicted molar refractivity (Wildman–Crippen MR) is 136 cm³/mol. The van der Waals surface area contributed by atoms with Gasteiger partial charge in [-0.15, -0.1) is 0 Å². The minimum atomic E-state index is -1.38. The van der Waals surface area contributed by atoms with Crippen molar-refractivity contribution in [3.63, 3.8) is 0 Å². The molecule has 2 fully saturated rings. The van der Waals surface area contributed by atoms with Crippen LogP contribution in [0.3, 0.4) is 0 Å². The predicted octanol–water partition coefficient (Wildman–Crippen LogP) is 4.53. The Labute approximate surface area is 221 Å². The van der Waals surface area contributed by atoms with Crippen LogP contribution in [-0.2, 0) is 35.0 Å². The summed E-state index contributed by atoms with van der Waals surface area (Å²) in [5.74, 6) is -1.98. The molecule has 5 rings (SSSR count). The number of ether oxygens (including phenoxy) is 6. The van der Waals surface area contributed by atoms with E-state index in [2.05, 4.69) is 0 Å². The normalized spacial score (nSPS) is 22.9. The maximum absolute atomic E-state index is 12.9. The average Bonchev–Trinajstić information content (AvgIpc) is 3.39. The van der Waals surface area contributed by atoms with Crippen molar-refractivity contribution in [1.82, 2.24) is 0 Å². The third kappa shape index (κ3) is 5.79. The van der Waals surface area contributed by atoms with E-state index in [0.717, 1.165) is 5.56 Å². The lowest BCUT2D eigenvalue weighted by molar-refractivity contribution is -0.258. The fourth-order valence-electron chi connectivity index (χ4n) is 4.62. The number of hydrogen-bond acceptors (Lipinski definition) is 8. The van der Waals surface area contributed by atoms with E-state index in [0.29, 0.717) is 11.1 Å². The van der Waals surface area contributed by atoms with Gasteiger partial charge in [-0.25, -0.2) is 9.59 Å². The molecule has 2 heterocycles. The van der Waals surface area contributed by atoms with E-state index < -0.39 is 41.8 Å². The lowest BCUT2D eigenvalue weighted by Gasteiger charge is -2.35. The molecule has 2 aliphatic rings. The van der Waals surface area contributed by atoms with E-state index >= 15 is 0 Å². The zero-order valence-electron chi connectivity index (χ0n) is 21.3. The van der Waals surface area contributed by atoms with Gasteiger partial charge in [0.05, 0.1) is 17.7 Å². The Morgan fingerprint density at radius 3 is 1.74 bits per heavy atom. The first kappa shape index (κ1) is 26.1. The second-order valence-corrected chi connectivity index (χ2v) is 9.75. The summed E-state index contributed by atoms with van der Waals surface area (Å²) in [7, 11) is 0. The van der Waals surface area contributed by atoms with Crippen molar-refractivity contribution in [3.05, 3.63) is 108 Å². The van der Waals surface area contributed by atoms with Gasteiger partial charge in [-0.2, -0.15) is 0 Å². The Bertz CT molecular complexity index is 1170. The first-order chi connectivity index (χ1) is 18.4. The first-order valence-corrected chi connectivity index (χ1v) is 12.5. The molecule has 0 radical (unpaired) electrons. The van der Waals surface area contributed by atoms with Gasteiger partial charge in [0.25, 0.3) is 0 Å². The molecule has 8 nitrogen and oxygen atoms in total. The minimum absolute atomic E-state index is 0.239. The molecule has 3 atom stereocenters. The molecule has 2 aliphatic heterocycles.